The molecule has 2 rings (SSSR count). The summed E-state index contributed by atoms with van der Waals surface area (Å²) in [6.07, 6.45) is 4.10. The molecule has 0 aliphatic heterocycles. The summed E-state index contributed by atoms with van der Waals surface area (Å²) in [6, 6.07) is 7.06. The van der Waals surface area contributed by atoms with E-state index in [2.05, 4.69) is 22.2 Å². The number of halogens is 1. The zero-order chi connectivity index (χ0) is 15.2. The minimum Gasteiger partial charge on any atom is -0.370 e. The molecule has 0 atom stereocenters. The minimum absolute atomic E-state index is 0.222. The Bertz CT molecular complexity index is 618. The summed E-state index contributed by atoms with van der Waals surface area (Å²) in [5.41, 5.74) is 0.401. The van der Waals surface area contributed by atoms with Crippen molar-refractivity contribution in [1.82, 2.24) is 9.97 Å². The van der Waals surface area contributed by atoms with Crippen LogP contribution in [0, 0.1) is 0 Å². The van der Waals surface area contributed by atoms with Gasteiger partial charge < -0.3 is 5.32 Å². The highest BCUT2D eigenvalue weighted by molar-refractivity contribution is 6.34. The topological polar surface area (TPSA) is 58.1 Å². The van der Waals surface area contributed by atoms with Gasteiger partial charge in [-0.1, -0.05) is 24.6 Å². The number of nitrogens with zero attached hydrogens (tertiary/aromatic N) is 3. The summed E-state index contributed by atoms with van der Waals surface area (Å²) < 4.78 is 0. The van der Waals surface area contributed by atoms with E-state index in [1.807, 2.05) is 6.07 Å². The lowest BCUT2D eigenvalue weighted by molar-refractivity contribution is 0.0992. The predicted octanol–water partition coefficient (Wildman–Crippen LogP) is 3.23. The van der Waals surface area contributed by atoms with E-state index in [0.29, 0.717) is 22.2 Å². The van der Waals surface area contributed by atoms with Crippen molar-refractivity contribution in [3.63, 3.8) is 0 Å². The molecule has 0 radical (unpaired) electrons. The molecule has 1 N–H and O–H groups in total. The molecule has 5 nitrogen and oxygen atoms in total. The van der Waals surface area contributed by atoms with Crippen molar-refractivity contribution in [3.05, 3.63) is 47.2 Å². The summed E-state index contributed by atoms with van der Waals surface area (Å²) in [7, 11) is 1.67. The van der Waals surface area contributed by atoms with Gasteiger partial charge >= 0.3 is 0 Å². The molecule has 0 saturated carbocycles. The van der Waals surface area contributed by atoms with E-state index in [4.69, 9.17) is 11.6 Å². The van der Waals surface area contributed by atoms with Crippen LogP contribution in [0.4, 0.5) is 11.6 Å². The fourth-order valence-electron chi connectivity index (χ4n) is 1.79. The molecule has 0 saturated heterocycles. The number of nitrogens with one attached hydrogen (secondary N) is 1. The van der Waals surface area contributed by atoms with Gasteiger partial charge in [-0.3, -0.25) is 9.69 Å². The van der Waals surface area contributed by atoms with E-state index in [1.54, 1.807) is 31.4 Å². The molecule has 1 amide bonds. The van der Waals surface area contributed by atoms with Crippen molar-refractivity contribution in [2.45, 2.75) is 13.3 Å². The average molecular weight is 305 g/mol. The van der Waals surface area contributed by atoms with Crippen molar-refractivity contribution in [1.29, 1.82) is 0 Å². The Kier molecular flexibility index (Phi) is 5.11. The third-order valence-electron chi connectivity index (χ3n) is 2.94. The van der Waals surface area contributed by atoms with E-state index in [9.17, 15) is 4.79 Å². The first-order valence-corrected chi connectivity index (χ1v) is 7.09. The van der Waals surface area contributed by atoms with Crippen molar-refractivity contribution in [2.75, 3.05) is 23.8 Å². The molecule has 110 valence electrons. The third kappa shape index (κ3) is 3.70. The normalized spacial score (nSPS) is 10.2. The van der Waals surface area contributed by atoms with Crippen LogP contribution in [0.3, 0.4) is 0 Å². The Balaban J connectivity index is 2.25. The Morgan fingerprint density at radius 3 is 2.86 bits per heavy atom. The second-order valence-electron chi connectivity index (χ2n) is 4.53. The van der Waals surface area contributed by atoms with E-state index in [-0.39, 0.29) is 5.91 Å². The van der Waals surface area contributed by atoms with Gasteiger partial charge in [0.15, 0.2) is 0 Å². The summed E-state index contributed by atoms with van der Waals surface area (Å²) >= 11 is 6.10. The number of carbonyl (C=O) groups excluding carboxylic acids is 1. The maximum Gasteiger partial charge on any atom is 0.260 e. The van der Waals surface area contributed by atoms with Crippen LogP contribution < -0.4 is 10.2 Å². The molecule has 0 bridgehead atoms. The summed E-state index contributed by atoms with van der Waals surface area (Å²) in [4.78, 5) is 22.3. The van der Waals surface area contributed by atoms with Crippen LogP contribution in [0.5, 0.6) is 0 Å². The van der Waals surface area contributed by atoms with Gasteiger partial charge in [-0.2, -0.15) is 0 Å². The monoisotopic (exact) mass is 304 g/mol. The molecular weight excluding hydrogens is 288 g/mol. The highest BCUT2D eigenvalue weighted by Crippen LogP contribution is 2.21. The van der Waals surface area contributed by atoms with E-state index >= 15 is 0 Å². The number of rotatable bonds is 5. The van der Waals surface area contributed by atoms with Gasteiger partial charge in [-0.05, 0) is 24.6 Å². The average Bonchev–Trinajstić information content (AvgIpc) is 2.53. The second kappa shape index (κ2) is 7.04. The zero-order valence-electron chi connectivity index (χ0n) is 12.0. The number of hydrogen-bond donors (Lipinski definition) is 1. The van der Waals surface area contributed by atoms with E-state index in [1.165, 1.54) is 11.1 Å². The van der Waals surface area contributed by atoms with Crippen LogP contribution in [0.1, 0.15) is 23.7 Å². The smallest absolute Gasteiger partial charge is 0.260 e. The second-order valence-corrected chi connectivity index (χ2v) is 4.94. The molecule has 21 heavy (non-hydrogen) atoms. The lowest BCUT2D eigenvalue weighted by Crippen LogP contribution is -2.27. The van der Waals surface area contributed by atoms with Gasteiger partial charge in [-0.15, -0.1) is 0 Å². The van der Waals surface area contributed by atoms with Gasteiger partial charge in [0, 0.05) is 26.0 Å². The predicted molar refractivity (Wildman–Crippen MR) is 85.0 cm³/mol. The van der Waals surface area contributed by atoms with Gasteiger partial charge in [0.1, 0.15) is 11.6 Å². The maximum atomic E-state index is 12.5. The lowest BCUT2D eigenvalue weighted by Gasteiger charge is -2.17. The minimum atomic E-state index is -0.222. The highest BCUT2D eigenvalue weighted by atomic mass is 35.5. The number of pyridine rings is 2. The summed E-state index contributed by atoms with van der Waals surface area (Å²) in [6.45, 7) is 2.85. The fraction of sp³-hybridized carbons (Fsp3) is 0.267. The van der Waals surface area contributed by atoms with Crippen LogP contribution in [0.2, 0.25) is 5.02 Å². The van der Waals surface area contributed by atoms with Crippen LogP contribution in [-0.2, 0) is 0 Å². The lowest BCUT2D eigenvalue weighted by atomic mass is 10.2. The molecule has 0 spiro atoms. The molecule has 0 unspecified atom stereocenters. The Hall–Kier alpha value is -2.14. The maximum absolute atomic E-state index is 12.5. The molecule has 0 aliphatic rings. The van der Waals surface area contributed by atoms with Gasteiger partial charge in [0.2, 0.25) is 0 Å². The van der Waals surface area contributed by atoms with Crippen LogP contribution in [0.25, 0.3) is 0 Å². The quantitative estimate of drug-likeness (QED) is 0.921. The number of hydrogen-bond acceptors (Lipinski definition) is 4. The number of amides is 1. The summed E-state index contributed by atoms with van der Waals surface area (Å²) in [5.74, 6) is 0.984. The van der Waals surface area contributed by atoms with Crippen molar-refractivity contribution in [3.8, 4) is 0 Å². The number of aromatic nitrogens is 2. The standard InChI is InChI=1S/C15H17ClN4O/c1-3-7-17-13-9-11(12(16)10-19-13)15(21)20(2)14-6-4-5-8-18-14/h4-6,8-10H,3,7H2,1-2H3,(H,17,19). The van der Waals surface area contributed by atoms with Crippen molar-refractivity contribution in [2.24, 2.45) is 0 Å². The molecule has 2 aromatic heterocycles. The van der Waals surface area contributed by atoms with Gasteiger partial charge in [0.05, 0.1) is 10.6 Å². The molecule has 0 fully saturated rings. The molecular formula is C15H17ClN4O. The SMILES string of the molecule is CCCNc1cc(C(=O)N(C)c2ccccn2)c(Cl)cn1. The Morgan fingerprint density at radius 2 is 2.19 bits per heavy atom. The molecule has 2 aromatic rings. The Labute approximate surface area is 129 Å². The first-order chi connectivity index (χ1) is 10.1. The largest absolute Gasteiger partial charge is 0.370 e. The van der Waals surface area contributed by atoms with Crippen molar-refractivity contribution < 1.29 is 4.79 Å². The van der Waals surface area contributed by atoms with Crippen LogP contribution >= 0.6 is 11.6 Å². The van der Waals surface area contributed by atoms with Gasteiger partial charge in [-0.25, -0.2) is 9.97 Å². The van der Waals surface area contributed by atoms with E-state index in [0.717, 1.165) is 13.0 Å². The first-order valence-electron chi connectivity index (χ1n) is 6.72. The molecule has 0 aliphatic carbocycles. The van der Waals surface area contributed by atoms with E-state index < -0.39 is 0 Å². The highest BCUT2D eigenvalue weighted by Gasteiger charge is 2.18. The first kappa shape index (κ1) is 15.3. The third-order valence-corrected chi connectivity index (χ3v) is 3.24. The Morgan fingerprint density at radius 1 is 1.38 bits per heavy atom. The molecule has 2 heterocycles. The number of carbonyl (C=O) groups is 1. The zero-order valence-corrected chi connectivity index (χ0v) is 12.8. The summed E-state index contributed by atoms with van der Waals surface area (Å²) in [5, 5.41) is 3.46. The number of anilines is 2. The molecule has 6 heteroatoms. The van der Waals surface area contributed by atoms with Gasteiger partial charge in [0.25, 0.3) is 5.91 Å². The van der Waals surface area contributed by atoms with Crippen molar-refractivity contribution >= 4 is 29.1 Å². The fourth-order valence-corrected chi connectivity index (χ4v) is 1.97. The molecule has 0 aromatic carbocycles. The van der Waals surface area contributed by atoms with Crippen LogP contribution in [-0.4, -0.2) is 29.5 Å². The van der Waals surface area contributed by atoms with Crippen LogP contribution in [0.15, 0.2) is 36.7 Å².